The van der Waals surface area contributed by atoms with E-state index in [-0.39, 0.29) is 23.3 Å². The van der Waals surface area contributed by atoms with Crippen molar-refractivity contribution < 1.29 is 36.5 Å². The van der Waals surface area contributed by atoms with Gasteiger partial charge in [0.2, 0.25) is 5.51 Å². The van der Waals surface area contributed by atoms with Crippen LogP contribution in [0, 0.1) is 6.92 Å². The lowest BCUT2D eigenvalue weighted by Gasteiger charge is -2.12. The van der Waals surface area contributed by atoms with Crippen LogP contribution in [-0.4, -0.2) is 44.5 Å². The first kappa shape index (κ1) is 37.3. The number of hydrogen-bond acceptors (Lipinski definition) is 8. The molecule has 0 amide bonds. The van der Waals surface area contributed by atoms with E-state index in [1.54, 1.807) is 23.5 Å². The fourth-order valence-electron chi connectivity index (χ4n) is 4.83. The number of esters is 1. The predicted molar refractivity (Wildman–Crippen MR) is 169 cm³/mol. The Morgan fingerprint density at radius 3 is 2.12 bits per heavy atom. The van der Waals surface area contributed by atoms with Gasteiger partial charge in [0.05, 0.1) is 23.3 Å². The molecule has 1 saturated heterocycles. The second kappa shape index (κ2) is 22.6. The topological polar surface area (TPSA) is 106 Å². The standard InChI is InChI=1S/C26H46NO4S.C7H8O3S/c1-2-3-4-5-6-7-8-9-10-11-12-13-14-17-26-30-22-24(31-26)21-29-25(28)16-15-18-27-19-20-32-23-27;1-6-2-4-7(5-3-6)11(8,9)10/h19-20,23-24,26H,2-18,21-22H2,1H3;2-5H,1H3,(H,8,9,10)/q+1;/p-1/t24-,26-;/m0./s1. The highest BCUT2D eigenvalue weighted by Gasteiger charge is 2.26. The zero-order valence-corrected chi connectivity index (χ0v) is 27.9. The highest BCUT2D eigenvalue weighted by atomic mass is 32.2. The van der Waals surface area contributed by atoms with Crippen LogP contribution >= 0.6 is 11.3 Å². The van der Waals surface area contributed by atoms with E-state index in [0.29, 0.717) is 19.6 Å². The van der Waals surface area contributed by atoms with Crippen molar-refractivity contribution in [2.75, 3.05) is 13.2 Å². The maximum absolute atomic E-state index is 11.9. The SMILES string of the molecule is CCCCCCCCCCCCCCC[C@H]1OC[C@H](COC(=O)CCC[n+]2ccsc2)O1.Cc1ccc(S(=O)(=O)[O-])cc1. The molecule has 0 radical (unpaired) electrons. The molecule has 0 aliphatic carbocycles. The predicted octanol–water partition coefficient (Wildman–Crippen LogP) is 7.48. The summed E-state index contributed by atoms with van der Waals surface area (Å²) < 4.78 is 50.2. The molecule has 0 unspecified atom stereocenters. The molecule has 1 aliphatic rings. The van der Waals surface area contributed by atoms with Crippen molar-refractivity contribution in [1.29, 1.82) is 0 Å². The summed E-state index contributed by atoms with van der Waals surface area (Å²) in [6.07, 6.45) is 21.7. The number of aryl methyl sites for hydroxylation is 2. The number of carbonyl (C=O) groups is 1. The minimum absolute atomic E-state index is 0.114. The van der Waals surface area contributed by atoms with Gasteiger partial charge in [-0.05, 0) is 31.9 Å². The quantitative estimate of drug-likeness (QED) is 0.0603. The van der Waals surface area contributed by atoms with Crippen LogP contribution in [0.5, 0.6) is 0 Å². The maximum atomic E-state index is 11.9. The van der Waals surface area contributed by atoms with Gasteiger partial charge in [0.1, 0.15) is 29.4 Å². The minimum atomic E-state index is -4.27. The fourth-order valence-corrected chi connectivity index (χ4v) is 5.93. The second-order valence-corrected chi connectivity index (χ2v) is 13.5. The van der Waals surface area contributed by atoms with Crippen molar-refractivity contribution in [3.05, 3.63) is 46.9 Å². The van der Waals surface area contributed by atoms with E-state index in [9.17, 15) is 17.8 Å². The van der Waals surface area contributed by atoms with Crippen molar-refractivity contribution in [3.8, 4) is 0 Å². The summed E-state index contributed by atoms with van der Waals surface area (Å²) >= 11 is 1.66. The first-order chi connectivity index (χ1) is 20.8. The fraction of sp³-hybridized carbons (Fsp3) is 0.697. The molecule has 2 heterocycles. The normalized spacial score (nSPS) is 16.5. The van der Waals surface area contributed by atoms with Crippen molar-refractivity contribution in [1.82, 2.24) is 0 Å². The van der Waals surface area contributed by atoms with Gasteiger partial charge in [0.15, 0.2) is 12.5 Å². The highest BCUT2D eigenvalue weighted by Crippen LogP contribution is 2.19. The van der Waals surface area contributed by atoms with Crippen molar-refractivity contribution in [2.45, 2.75) is 140 Å². The molecule has 0 saturated carbocycles. The Morgan fingerprint density at radius 1 is 0.953 bits per heavy atom. The van der Waals surface area contributed by atoms with Crippen molar-refractivity contribution in [2.24, 2.45) is 0 Å². The van der Waals surface area contributed by atoms with Crippen LogP contribution in [0.3, 0.4) is 0 Å². The largest absolute Gasteiger partial charge is 0.744 e. The van der Waals surface area contributed by atoms with Gasteiger partial charge < -0.3 is 18.8 Å². The van der Waals surface area contributed by atoms with Crippen LogP contribution in [0.2, 0.25) is 0 Å². The number of aromatic nitrogens is 1. The Hall–Kier alpha value is -1.85. The summed E-state index contributed by atoms with van der Waals surface area (Å²) in [6, 6.07) is 5.78. The number of nitrogens with zero attached hydrogens (tertiary/aromatic N) is 1. The van der Waals surface area contributed by atoms with E-state index >= 15 is 0 Å². The van der Waals surface area contributed by atoms with E-state index in [1.165, 1.54) is 89.2 Å². The Bertz CT molecular complexity index is 1080. The molecular weight excluding hydrogens is 586 g/mol. The third kappa shape index (κ3) is 18.5. The maximum Gasteiger partial charge on any atom is 0.306 e. The Kier molecular flexibility index (Phi) is 19.6. The zero-order chi connectivity index (χ0) is 31.2. The molecule has 1 aliphatic heterocycles. The third-order valence-electron chi connectivity index (χ3n) is 7.42. The van der Waals surface area contributed by atoms with Crippen LogP contribution in [0.25, 0.3) is 0 Å². The average molecular weight is 640 g/mol. The summed E-state index contributed by atoms with van der Waals surface area (Å²) in [5, 5.41) is 2.03. The Labute approximate surface area is 263 Å². The molecule has 1 aromatic carbocycles. The summed E-state index contributed by atoms with van der Waals surface area (Å²) in [4.78, 5) is 11.7. The van der Waals surface area contributed by atoms with Crippen LogP contribution in [-0.2, 0) is 35.7 Å². The molecule has 2 aromatic rings. The van der Waals surface area contributed by atoms with Crippen LogP contribution in [0.4, 0.5) is 0 Å². The van der Waals surface area contributed by atoms with Crippen molar-refractivity contribution in [3.63, 3.8) is 0 Å². The molecule has 43 heavy (non-hydrogen) atoms. The van der Waals surface area contributed by atoms with Gasteiger partial charge in [-0.3, -0.25) is 4.79 Å². The molecule has 244 valence electrons. The van der Waals surface area contributed by atoms with Crippen LogP contribution in [0.15, 0.2) is 46.2 Å². The lowest BCUT2D eigenvalue weighted by atomic mass is 10.0. The van der Waals surface area contributed by atoms with Crippen molar-refractivity contribution >= 4 is 27.4 Å². The first-order valence-electron chi connectivity index (χ1n) is 16.1. The van der Waals surface area contributed by atoms with Crippen LogP contribution < -0.4 is 4.57 Å². The lowest BCUT2D eigenvalue weighted by Crippen LogP contribution is -2.30. The molecule has 0 spiro atoms. The van der Waals surface area contributed by atoms with Gasteiger partial charge in [-0.2, -0.15) is 4.57 Å². The molecule has 10 heteroatoms. The van der Waals surface area contributed by atoms with Gasteiger partial charge in [0, 0.05) is 6.42 Å². The van der Waals surface area contributed by atoms with E-state index in [0.717, 1.165) is 31.4 Å². The van der Waals surface area contributed by atoms with Gasteiger partial charge in [0.25, 0.3) is 0 Å². The molecular formula is C33H53NO7S2. The molecule has 3 rings (SSSR count). The minimum Gasteiger partial charge on any atom is -0.744 e. The number of hydrogen-bond donors (Lipinski definition) is 0. The lowest BCUT2D eigenvalue weighted by molar-refractivity contribution is -0.692. The number of benzene rings is 1. The first-order valence-corrected chi connectivity index (χ1v) is 18.5. The summed E-state index contributed by atoms with van der Waals surface area (Å²) in [6.45, 7) is 5.78. The molecule has 0 bridgehead atoms. The molecule has 1 fully saturated rings. The summed E-state index contributed by atoms with van der Waals surface area (Å²) in [5.41, 5.74) is 2.98. The number of ether oxygens (including phenoxy) is 3. The highest BCUT2D eigenvalue weighted by molar-refractivity contribution is 7.85. The molecule has 0 N–H and O–H groups in total. The summed E-state index contributed by atoms with van der Waals surface area (Å²) in [5.74, 6) is -0.149. The second-order valence-electron chi connectivity index (χ2n) is 11.4. The van der Waals surface area contributed by atoms with Gasteiger partial charge in [-0.15, -0.1) is 0 Å². The number of unbranched alkanes of at least 4 members (excludes halogenated alkanes) is 12. The average Bonchev–Trinajstić information content (AvgIpc) is 3.67. The molecule has 1 aromatic heterocycles. The Balaban J connectivity index is 0.000000490. The van der Waals surface area contributed by atoms with E-state index in [2.05, 4.69) is 11.5 Å². The Morgan fingerprint density at radius 2 is 1.56 bits per heavy atom. The van der Waals surface area contributed by atoms with Gasteiger partial charge in [-0.25, -0.2) is 8.42 Å². The third-order valence-corrected chi connectivity index (χ3v) is 8.94. The van der Waals surface area contributed by atoms with E-state index in [4.69, 9.17) is 14.2 Å². The smallest absolute Gasteiger partial charge is 0.306 e. The van der Waals surface area contributed by atoms with Gasteiger partial charge in [-0.1, -0.05) is 113 Å². The monoisotopic (exact) mass is 639 g/mol. The molecule has 8 nitrogen and oxygen atoms in total. The number of rotatable bonds is 21. The summed E-state index contributed by atoms with van der Waals surface area (Å²) in [7, 11) is -4.27. The van der Waals surface area contributed by atoms with Gasteiger partial charge >= 0.3 is 5.97 Å². The zero-order valence-electron chi connectivity index (χ0n) is 26.3. The number of thiazole rings is 1. The van der Waals surface area contributed by atoms with E-state index in [1.807, 2.05) is 24.0 Å². The van der Waals surface area contributed by atoms with Crippen LogP contribution in [0.1, 0.15) is 115 Å². The van der Waals surface area contributed by atoms with E-state index < -0.39 is 10.1 Å². The molecule has 2 atom stereocenters. The number of carbonyl (C=O) groups excluding carboxylic acids is 1.